The van der Waals surface area contributed by atoms with Crippen LogP contribution in [-0.4, -0.2) is 37.9 Å². The van der Waals surface area contributed by atoms with Gasteiger partial charge in [-0.25, -0.2) is 9.74 Å². The molecule has 2 aromatic heterocycles. The molecule has 0 unspecified atom stereocenters. The van der Waals surface area contributed by atoms with Crippen molar-refractivity contribution in [3.8, 4) is 11.1 Å². The topological polar surface area (TPSA) is 94.4 Å². The lowest BCUT2D eigenvalue weighted by atomic mass is 9.96. The van der Waals surface area contributed by atoms with E-state index in [9.17, 15) is 27.7 Å². The monoisotopic (exact) mass is 544 g/mol. The van der Waals surface area contributed by atoms with Crippen LogP contribution < -0.4 is 5.56 Å². The fourth-order valence-corrected chi connectivity index (χ4v) is 5.03. The molecule has 1 amide bonds. The summed E-state index contributed by atoms with van der Waals surface area (Å²) in [5.41, 5.74) is 2.71. The van der Waals surface area contributed by atoms with E-state index >= 15 is 0 Å². The number of halogens is 3. The molecule has 5 aromatic rings. The van der Waals surface area contributed by atoms with Gasteiger partial charge >= 0.3 is 12.0 Å². The summed E-state index contributed by atoms with van der Waals surface area (Å²) in [5, 5.41) is 0.789. The van der Waals surface area contributed by atoms with Gasteiger partial charge in [-0.05, 0) is 41.0 Å². The second-order valence-electron chi connectivity index (χ2n) is 9.37. The Kier molecular flexibility index (Phi) is 6.05. The number of rotatable bonds is 6. The third kappa shape index (κ3) is 4.15. The minimum atomic E-state index is -4.44. The number of nitrogens with zero attached hydrogens (tertiary/aromatic N) is 4. The number of pyridine rings is 1. The average molecular weight is 544 g/mol. The largest absolute Gasteiger partial charge is 0.440 e. The van der Waals surface area contributed by atoms with E-state index in [4.69, 9.17) is 0 Å². The molecule has 0 radical (unpaired) electrons. The fraction of sp³-hybridized carbons (Fsp3) is 0.138. The zero-order chi connectivity index (χ0) is 28.0. The van der Waals surface area contributed by atoms with Crippen molar-refractivity contribution < 1.29 is 27.8 Å². The second-order valence-corrected chi connectivity index (χ2v) is 9.37. The summed E-state index contributed by atoms with van der Waals surface area (Å²) in [6.07, 6.45) is 1.00. The average Bonchev–Trinajstić information content (AvgIpc) is 3.30. The van der Waals surface area contributed by atoms with Crippen molar-refractivity contribution in [1.82, 2.24) is 19.4 Å². The van der Waals surface area contributed by atoms with E-state index in [-0.39, 0.29) is 21.4 Å². The molecule has 1 aliphatic rings. The molecule has 1 aliphatic heterocycles. The summed E-state index contributed by atoms with van der Waals surface area (Å²) >= 11 is 0. The maximum absolute atomic E-state index is 14.4. The van der Waals surface area contributed by atoms with Crippen molar-refractivity contribution in [3.05, 3.63) is 106 Å². The van der Waals surface area contributed by atoms with E-state index in [0.717, 1.165) is 22.2 Å². The molecule has 0 atom stereocenters. The van der Waals surface area contributed by atoms with Gasteiger partial charge < -0.3 is 4.90 Å². The molecule has 0 spiro atoms. The van der Waals surface area contributed by atoms with Crippen LogP contribution in [0.3, 0.4) is 0 Å². The van der Waals surface area contributed by atoms with Crippen molar-refractivity contribution in [2.24, 2.45) is 0 Å². The summed E-state index contributed by atoms with van der Waals surface area (Å²) in [7, 11) is 0. The number of hydrogen-bond donors (Lipinski definition) is 0. The second kappa shape index (κ2) is 9.60. The van der Waals surface area contributed by atoms with Gasteiger partial charge in [-0.2, -0.15) is 13.8 Å². The molecule has 0 saturated carbocycles. The minimum absolute atomic E-state index is 0.0680. The molecule has 0 fully saturated rings. The van der Waals surface area contributed by atoms with Crippen molar-refractivity contribution in [3.63, 3.8) is 0 Å². The van der Waals surface area contributed by atoms with Crippen LogP contribution in [0.4, 0.5) is 13.3 Å². The molecule has 40 heavy (non-hydrogen) atoms. The molecule has 6 rings (SSSR count). The molecule has 3 heterocycles. The molecule has 0 aliphatic carbocycles. The quantitative estimate of drug-likeness (QED) is 0.305. The van der Waals surface area contributed by atoms with Crippen LogP contribution in [-0.2, 0) is 28.7 Å². The highest BCUT2D eigenvalue weighted by Gasteiger charge is 2.45. The number of carbonyl (C=O) groups excluding carboxylic acids is 2. The Hall–Kier alpha value is -5.06. The smallest absolute Gasteiger partial charge is 0.334 e. The lowest BCUT2D eigenvalue weighted by Gasteiger charge is -2.18. The Morgan fingerprint density at radius 2 is 1.82 bits per heavy atom. The van der Waals surface area contributed by atoms with Gasteiger partial charge in [0.2, 0.25) is 0 Å². The van der Waals surface area contributed by atoms with E-state index < -0.39 is 17.6 Å². The maximum atomic E-state index is 14.4. The van der Waals surface area contributed by atoms with Crippen LogP contribution in [0.1, 0.15) is 21.6 Å². The first-order valence-electron chi connectivity index (χ1n) is 12.3. The molecule has 0 N–H and O–H groups in total. The van der Waals surface area contributed by atoms with Crippen LogP contribution in [0.2, 0.25) is 0 Å². The number of fused-ring (bicyclic) bond motifs is 3. The van der Waals surface area contributed by atoms with Gasteiger partial charge in [0.05, 0.1) is 22.0 Å². The number of alkyl halides is 2. The standard InChI is InChI=1S/C29H19F3N4O4/c30-29(31,28(39)40-32)36-16-33-26(37)22-14-18(9-11-24(22)36)21-6-3-5-19-15-35(27(38)25(19)21)13-12-20-10-8-17-4-1-2-7-23(17)34-20/h1-11,14,16H,12-13,15H2. The number of hydrogen-bond acceptors (Lipinski definition) is 6. The summed E-state index contributed by atoms with van der Waals surface area (Å²) in [6.45, 7) is 0.819. The van der Waals surface area contributed by atoms with Crippen molar-refractivity contribution in [2.45, 2.75) is 19.0 Å². The van der Waals surface area contributed by atoms with Gasteiger partial charge in [-0.15, -0.1) is 0 Å². The first-order valence-corrected chi connectivity index (χ1v) is 12.3. The van der Waals surface area contributed by atoms with Gasteiger partial charge in [-0.1, -0.05) is 48.5 Å². The van der Waals surface area contributed by atoms with Crippen molar-refractivity contribution in [2.75, 3.05) is 6.54 Å². The molecular weight excluding hydrogens is 525 g/mol. The molecule has 0 bridgehead atoms. The lowest BCUT2D eigenvalue weighted by Crippen LogP contribution is -2.35. The van der Waals surface area contributed by atoms with Crippen LogP contribution in [0, 0.1) is 0 Å². The Labute approximate surface area is 224 Å². The third-order valence-electron chi connectivity index (χ3n) is 7.01. The van der Waals surface area contributed by atoms with E-state index in [2.05, 4.69) is 14.9 Å². The zero-order valence-corrected chi connectivity index (χ0v) is 20.7. The Balaban J connectivity index is 1.31. The van der Waals surface area contributed by atoms with Crippen molar-refractivity contribution >= 4 is 33.7 Å². The van der Waals surface area contributed by atoms with Crippen molar-refractivity contribution in [1.29, 1.82) is 0 Å². The van der Waals surface area contributed by atoms with Crippen LogP contribution in [0.5, 0.6) is 0 Å². The number of benzene rings is 3. The number of amides is 1. The van der Waals surface area contributed by atoms with E-state index in [1.165, 1.54) is 18.2 Å². The minimum Gasteiger partial charge on any atom is -0.334 e. The number of aromatic nitrogens is 3. The predicted octanol–water partition coefficient (Wildman–Crippen LogP) is 4.79. The van der Waals surface area contributed by atoms with Crippen LogP contribution in [0.25, 0.3) is 32.9 Å². The first kappa shape index (κ1) is 25.2. The van der Waals surface area contributed by atoms with Crippen LogP contribution >= 0.6 is 0 Å². The summed E-state index contributed by atoms with van der Waals surface area (Å²) in [5.74, 6) is -2.65. The molecule has 8 nitrogen and oxygen atoms in total. The predicted molar refractivity (Wildman–Crippen MR) is 139 cm³/mol. The fourth-order valence-electron chi connectivity index (χ4n) is 5.03. The zero-order valence-electron chi connectivity index (χ0n) is 20.7. The molecule has 11 heteroatoms. The van der Waals surface area contributed by atoms with Gasteiger partial charge in [0.25, 0.3) is 11.5 Å². The van der Waals surface area contributed by atoms with Crippen LogP contribution in [0.15, 0.2) is 83.9 Å². The summed E-state index contributed by atoms with van der Waals surface area (Å²) in [6, 6.07) is 16.5. The van der Waals surface area contributed by atoms with Gasteiger partial charge in [0, 0.05) is 35.1 Å². The highest BCUT2D eigenvalue weighted by molar-refractivity contribution is 6.05. The number of carbonyl (C=O) groups is 2. The van der Waals surface area contributed by atoms with Gasteiger partial charge in [-0.3, -0.25) is 19.1 Å². The van der Waals surface area contributed by atoms with Gasteiger partial charge in [0.1, 0.15) is 6.33 Å². The molecular formula is C29H19F3N4O4. The Bertz CT molecular complexity index is 1890. The van der Waals surface area contributed by atoms with Gasteiger partial charge in [0.15, 0.2) is 0 Å². The number of para-hydroxylation sites is 1. The normalized spacial score (nSPS) is 13.2. The molecule has 3 aromatic carbocycles. The van der Waals surface area contributed by atoms with E-state index in [0.29, 0.717) is 42.5 Å². The Morgan fingerprint density at radius 3 is 2.65 bits per heavy atom. The summed E-state index contributed by atoms with van der Waals surface area (Å²) < 4.78 is 41.2. The lowest BCUT2D eigenvalue weighted by molar-refractivity contribution is -0.225. The highest BCUT2D eigenvalue weighted by atomic mass is 19.3. The summed E-state index contributed by atoms with van der Waals surface area (Å²) in [4.78, 5) is 49.8. The first-order chi connectivity index (χ1) is 19.3. The molecule has 200 valence electrons. The Morgan fingerprint density at radius 1 is 1.00 bits per heavy atom. The SMILES string of the molecule is O=C1c2c(cccc2-c2ccc3c(c2)c(=O)ncn3C(F)(F)C(=O)OF)CN1CCc1ccc2ccccc2n1. The van der Waals surface area contributed by atoms with E-state index in [1.807, 2.05) is 42.5 Å². The highest BCUT2D eigenvalue weighted by Crippen LogP contribution is 2.35. The third-order valence-corrected chi connectivity index (χ3v) is 7.01. The molecule has 0 saturated heterocycles. The maximum Gasteiger partial charge on any atom is 0.440 e. The van der Waals surface area contributed by atoms with E-state index in [1.54, 1.807) is 17.0 Å².